The van der Waals surface area contributed by atoms with Crippen LogP contribution in [0.25, 0.3) is 0 Å². The van der Waals surface area contributed by atoms with E-state index in [2.05, 4.69) is 19.2 Å². The first-order valence-corrected chi connectivity index (χ1v) is 8.14. The predicted molar refractivity (Wildman–Crippen MR) is 88.0 cm³/mol. The number of halogens is 1. The highest BCUT2D eigenvalue weighted by molar-refractivity contribution is 6.33. The van der Waals surface area contributed by atoms with E-state index in [1.165, 1.54) is 6.42 Å². The molecule has 0 radical (unpaired) electrons. The minimum Gasteiger partial charge on any atom is -0.337 e. The van der Waals surface area contributed by atoms with Crippen LogP contribution in [0.3, 0.4) is 0 Å². The topological polar surface area (TPSA) is 32.3 Å². The molecule has 0 bridgehead atoms. The molecule has 21 heavy (non-hydrogen) atoms. The average molecular weight is 309 g/mol. The summed E-state index contributed by atoms with van der Waals surface area (Å²) in [6, 6.07) is 6.06. The summed E-state index contributed by atoms with van der Waals surface area (Å²) >= 11 is 6.26. The van der Waals surface area contributed by atoms with Crippen LogP contribution in [0.4, 0.5) is 0 Å². The summed E-state index contributed by atoms with van der Waals surface area (Å²) in [6.07, 6.45) is 2.34. The standard InChI is InChI=1S/C17H25ClN2O/c1-12(2)10-20(11-14-5-4-8-19-14)17(21)15-7-6-13(3)9-16(15)18/h6-7,9,12,14,19H,4-5,8,10-11H2,1-3H3. The normalized spacial score (nSPS) is 18.2. The number of amides is 1. The lowest BCUT2D eigenvalue weighted by Gasteiger charge is -2.28. The zero-order valence-corrected chi connectivity index (χ0v) is 13.9. The van der Waals surface area contributed by atoms with Crippen molar-refractivity contribution in [3.05, 3.63) is 34.3 Å². The Bertz CT molecular complexity index is 496. The molecule has 1 aliphatic heterocycles. The van der Waals surface area contributed by atoms with Gasteiger partial charge in [-0.2, -0.15) is 0 Å². The average Bonchev–Trinajstić information content (AvgIpc) is 2.89. The molecule has 3 nitrogen and oxygen atoms in total. The van der Waals surface area contributed by atoms with Crippen LogP contribution in [0.1, 0.15) is 42.6 Å². The first kappa shape index (κ1) is 16.3. The number of aryl methyl sites for hydroxylation is 1. The van der Waals surface area contributed by atoms with E-state index in [9.17, 15) is 4.79 Å². The Morgan fingerprint density at radius 2 is 2.24 bits per heavy atom. The Morgan fingerprint density at radius 1 is 1.48 bits per heavy atom. The zero-order valence-electron chi connectivity index (χ0n) is 13.2. The Kier molecular flexibility index (Phi) is 5.65. The number of carbonyl (C=O) groups is 1. The van der Waals surface area contributed by atoms with Crippen molar-refractivity contribution in [1.29, 1.82) is 0 Å². The largest absolute Gasteiger partial charge is 0.337 e. The van der Waals surface area contributed by atoms with Crippen molar-refractivity contribution in [2.24, 2.45) is 5.92 Å². The Morgan fingerprint density at radius 3 is 2.81 bits per heavy atom. The highest BCUT2D eigenvalue weighted by Gasteiger charge is 2.24. The van der Waals surface area contributed by atoms with Crippen molar-refractivity contribution in [2.75, 3.05) is 19.6 Å². The number of benzene rings is 1. The lowest BCUT2D eigenvalue weighted by molar-refractivity contribution is 0.0721. The molecule has 1 N–H and O–H groups in total. The van der Waals surface area contributed by atoms with E-state index in [1.807, 2.05) is 30.0 Å². The van der Waals surface area contributed by atoms with Crippen molar-refractivity contribution >= 4 is 17.5 Å². The second-order valence-electron chi connectivity index (χ2n) is 6.38. The third-order valence-electron chi connectivity index (χ3n) is 3.83. The van der Waals surface area contributed by atoms with Crippen LogP contribution in [0.5, 0.6) is 0 Å². The van der Waals surface area contributed by atoms with E-state index in [0.717, 1.165) is 31.6 Å². The second kappa shape index (κ2) is 7.28. The molecule has 4 heteroatoms. The smallest absolute Gasteiger partial charge is 0.255 e. The van der Waals surface area contributed by atoms with Gasteiger partial charge in [-0.1, -0.05) is 31.5 Å². The fraction of sp³-hybridized carbons (Fsp3) is 0.588. The summed E-state index contributed by atoms with van der Waals surface area (Å²) in [7, 11) is 0. The SMILES string of the molecule is Cc1ccc(C(=O)N(CC(C)C)CC2CCCN2)c(Cl)c1. The van der Waals surface area contributed by atoms with Crippen LogP contribution in [0.2, 0.25) is 5.02 Å². The molecule has 2 rings (SSSR count). The van der Waals surface area contributed by atoms with Crippen molar-refractivity contribution in [2.45, 2.75) is 39.7 Å². The molecule has 1 atom stereocenters. The summed E-state index contributed by atoms with van der Waals surface area (Å²) in [5, 5.41) is 4.01. The van der Waals surface area contributed by atoms with Crippen LogP contribution in [-0.4, -0.2) is 36.5 Å². The van der Waals surface area contributed by atoms with Gasteiger partial charge in [0, 0.05) is 19.1 Å². The van der Waals surface area contributed by atoms with Crippen molar-refractivity contribution in [3.63, 3.8) is 0 Å². The zero-order chi connectivity index (χ0) is 15.4. The maximum absolute atomic E-state index is 12.8. The monoisotopic (exact) mass is 308 g/mol. The van der Waals surface area contributed by atoms with E-state index in [0.29, 0.717) is 22.5 Å². The lowest BCUT2D eigenvalue weighted by Crippen LogP contribution is -2.43. The number of hydrogen-bond donors (Lipinski definition) is 1. The minimum absolute atomic E-state index is 0.0439. The number of nitrogens with zero attached hydrogens (tertiary/aromatic N) is 1. The van der Waals surface area contributed by atoms with Crippen LogP contribution < -0.4 is 5.32 Å². The summed E-state index contributed by atoms with van der Waals surface area (Å²) in [5.41, 5.74) is 1.69. The van der Waals surface area contributed by atoms with Crippen molar-refractivity contribution in [1.82, 2.24) is 10.2 Å². The fourth-order valence-corrected chi connectivity index (χ4v) is 3.14. The van der Waals surface area contributed by atoms with E-state index < -0.39 is 0 Å². The van der Waals surface area contributed by atoms with E-state index in [4.69, 9.17) is 11.6 Å². The van der Waals surface area contributed by atoms with Crippen LogP contribution in [0.15, 0.2) is 18.2 Å². The molecule has 1 aliphatic rings. The second-order valence-corrected chi connectivity index (χ2v) is 6.79. The summed E-state index contributed by atoms with van der Waals surface area (Å²) < 4.78 is 0. The van der Waals surface area contributed by atoms with Gasteiger partial charge < -0.3 is 10.2 Å². The maximum atomic E-state index is 12.8. The molecular formula is C17H25ClN2O. The van der Waals surface area contributed by atoms with Crippen molar-refractivity contribution in [3.8, 4) is 0 Å². The van der Waals surface area contributed by atoms with Gasteiger partial charge in [-0.25, -0.2) is 0 Å². The minimum atomic E-state index is 0.0439. The molecule has 116 valence electrons. The number of hydrogen-bond acceptors (Lipinski definition) is 2. The van der Waals surface area contributed by atoms with Gasteiger partial charge >= 0.3 is 0 Å². The molecule has 1 aromatic rings. The van der Waals surface area contributed by atoms with Crippen LogP contribution in [-0.2, 0) is 0 Å². The molecule has 1 saturated heterocycles. The van der Waals surface area contributed by atoms with Crippen LogP contribution >= 0.6 is 11.6 Å². The molecule has 0 saturated carbocycles. The van der Waals surface area contributed by atoms with Gasteiger partial charge in [-0.05, 0) is 49.9 Å². The maximum Gasteiger partial charge on any atom is 0.255 e. The third kappa shape index (κ3) is 4.45. The molecule has 1 unspecified atom stereocenters. The summed E-state index contributed by atoms with van der Waals surface area (Å²) in [4.78, 5) is 14.8. The highest BCUT2D eigenvalue weighted by Crippen LogP contribution is 2.21. The number of rotatable bonds is 5. The molecule has 0 aliphatic carbocycles. The van der Waals surface area contributed by atoms with Crippen molar-refractivity contribution < 1.29 is 4.79 Å². The molecule has 0 spiro atoms. The summed E-state index contributed by atoms with van der Waals surface area (Å²) in [5.74, 6) is 0.488. The molecule has 1 aromatic carbocycles. The van der Waals surface area contributed by atoms with E-state index in [1.54, 1.807) is 0 Å². The van der Waals surface area contributed by atoms with Crippen LogP contribution in [0, 0.1) is 12.8 Å². The molecule has 1 amide bonds. The predicted octanol–water partition coefficient (Wildman–Crippen LogP) is 3.50. The molecule has 1 fully saturated rings. The Balaban J connectivity index is 2.15. The van der Waals surface area contributed by atoms with Gasteiger partial charge in [0.2, 0.25) is 0 Å². The quantitative estimate of drug-likeness (QED) is 0.903. The van der Waals surface area contributed by atoms with Gasteiger partial charge in [0.25, 0.3) is 5.91 Å². The molecular weight excluding hydrogens is 284 g/mol. The van der Waals surface area contributed by atoms with Gasteiger partial charge in [-0.15, -0.1) is 0 Å². The first-order chi connectivity index (χ1) is 9.97. The highest BCUT2D eigenvalue weighted by atomic mass is 35.5. The summed E-state index contributed by atoms with van der Waals surface area (Å²) in [6.45, 7) is 8.84. The third-order valence-corrected chi connectivity index (χ3v) is 4.14. The fourth-order valence-electron chi connectivity index (χ4n) is 2.82. The van der Waals surface area contributed by atoms with Gasteiger partial charge in [0.1, 0.15) is 0 Å². The van der Waals surface area contributed by atoms with E-state index >= 15 is 0 Å². The number of nitrogens with one attached hydrogen (secondary N) is 1. The Labute approximate surface area is 132 Å². The van der Waals surface area contributed by atoms with Gasteiger partial charge in [0.15, 0.2) is 0 Å². The van der Waals surface area contributed by atoms with E-state index in [-0.39, 0.29) is 5.91 Å². The molecule has 1 heterocycles. The lowest BCUT2D eigenvalue weighted by atomic mass is 10.1. The Hall–Kier alpha value is -1.06. The molecule has 0 aromatic heterocycles. The van der Waals surface area contributed by atoms with Gasteiger partial charge in [0.05, 0.1) is 10.6 Å². The first-order valence-electron chi connectivity index (χ1n) is 7.76. The van der Waals surface area contributed by atoms with Gasteiger partial charge in [-0.3, -0.25) is 4.79 Å². The number of carbonyl (C=O) groups excluding carboxylic acids is 1.